The Bertz CT molecular complexity index is 704. The molecule has 0 bridgehead atoms. The van der Waals surface area contributed by atoms with Gasteiger partial charge in [0, 0.05) is 32.1 Å². The fraction of sp³-hybridized carbons (Fsp3) is 0.667. The van der Waals surface area contributed by atoms with Crippen LogP contribution in [0.4, 0.5) is 0 Å². The van der Waals surface area contributed by atoms with Crippen molar-refractivity contribution in [1.82, 2.24) is 9.80 Å². The molecule has 1 N–H and O–H groups in total. The lowest BCUT2D eigenvalue weighted by molar-refractivity contribution is -0.147. The largest absolute Gasteiger partial charge is 0.385 e. The van der Waals surface area contributed by atoms with E-state index in [9.17, 15) is 14.7 Å². The number of nitrogens with zero attached hydrogens (tertiary/aromatic N) is 2. The highest BCUT2D eigenvalue weighted by atomic mass is 16.3. The number of benzene rings is 1. The molecular formula is C24H34N2O3. The average molecular weight is 399 g/mol. The zero-order chi connectivity index (χ0) is 20.3. The molecule has 3 fully saturated rings. The first-order valence-corrected chi connectivity index (χ1v) is 11.4. The molecule has 2 amide bonds. The third kappa shape index (κ3) is 4.50. The van der Waals surface area contributed by atoms with Gasteiger partial charge in [-0.3, -0.25) is 9.59 Å². The van der Waals surface area contributed by atoms with Gasteiger partial charge < -0.3 is 14.9 Å². The summed E-state index contributed by atoms with van der Waals surface area (Å²) < 4.78 is 0. The number of carbonyl (C=O) groups is 2. The normalized spacial score (nSPS) is 26.2. The fourth-order valence-corrected chi connectivity index (χ4v) is 5.39. The molecule has 1 aliphatic carbocycles. The van der Waals surface area contributed by atoms with Crippen LogP contribution in [-0.2, 0) is 15.2 Å². The molecule has 1 aromatic rings. The zero-order valence-corrected chi connectivity index (χ0v) is 17.4. The van der Waals surface area contributed by atoms with Gasteiger partial charge in [0.2, 0.25) is 11.8 Å². The van der Waals surface area contributed by atoms with Gasteiger partial charge in [0.05, 0.1) is 11.5 Å². The predicted octanol–water partition coefficient (Wildman–Crippen LogP) is 3.46. The van der Waals surface area contributed by atoms with E-state index >= 15 is 0 Å². The Morgan fingerprint density at radius 3 is 2.28 bits per heavy atom. The molecule has 5 heteroatoms. The van der Waals surface area contributed by atoms with E-state index in [1.54, 1.807) is 0 Å². The Morgan fingerprint density at radius 2 is 1.62 bits per heavy atom. The lowest BCUT2D eigenvalue weighted by atomic mass is 9.84. The number of carbonyl (C=O) groups excluding carboxylic acids is 2. The smallest absolute Gasteiger partial charge is 0.227 e. The first-order chi connectivity index (χ1) is 14.1. The number of piperidine rings is 2. The molecule has 29 heavy (non-hydrogen) atoms. The second kappa shape index (κ2) is 8.86. The van der Waals surface area contributed by atoms with Crippen molar-refractivity contribution in [3.8, 4) is 0 Å². The molecule has 158 valence electrons. The molecule has 4 rings (SSSR count). The topological polar surface area (TPSA) is 60.9 Å². The van der Waals surface area contributed by atoms with Crippen LogP contribution in [0.2, 0.25) is 0 Å². The highest BCUT2D eigenvalue weighted by molar-refractivity contribution is 5.84. The van der Waals surface area contributed by atoms with Crippen LogP contribution in [0.3, 0.4) is 0 Å². The number of rotatable bonds is 3. The summed E-state index contributed by atoms with van der Waals surface area (Å²) in [6.45, 7) is 1.75. The van der Waals surface area contributed by atoms with Crippen molar-refractivity contribution in [1.29, 1.82) is 0 Å². The summed E-state index contributed by atoms with van der Waals surface area (Å²) in [6, 6.07) is 10.1. The van der Waals surface area contributed by atoms with Crippen molar-refractivity contribution in [3.63, 3.8) is 0 Å². The van der Waals surface area contributed by atoms with E-state index in [0.717, 1.165) is 18.4 Å². The summed E-state index contributed by atoms with van der Waals surface area (Å²) in [4.78, 5) is 29.7. The molecule has 1 saturated carbocycles. The minimum absolute atomic E-state index is 0.0844. The molecule has 1 aromatic carbocycles. The van der Waals surface area contributed by atoms with Crippen molar-refractivity contribution in [2.45, 2.75) is 75.9 Å². The molecular weight excluding hydrogens is 364 g/mol. The molecule has 1 atom stereocenters. The second-order valence-electron chi connectivity index (χ2n) is 9.15. The summed E-state index contributed by atoms with van der Waals surface area (Å²) in [5.41, 5.74) is 0.0994. The van der Waals surface area contributed by atoms with Crippen LogP contribution in [0, 0.1) is 5.92 Å². The Hall–Kier alpha value is -1.88. The van der Waals surface area contributed by atoms with Gasteiger partial charge in [-0.2, -0.15) is 0 Å². The molecule has 0 spiro atoms. The quantitative estimate of drug-likeness (QED) is 0.793. The SMILES string of the molecule is O=C(C1CCC(=O)N(C2CCCCCC2)C1)N1CCC(O)(c2ccccc2)CC1. The van der Waals surface area contributed by atoms with Crippen LogP contribution in [0.15, 0.2) is 30.3 Å². The highest BCUT2D eigenvalue weighted by Crippen LogP contribution is 2.34. The van der Waals surface area contributed by atoms with Gasteiger partial charge in [-0.05, 0) is 37.7 Å². The van der Waals surface area contributed by atoms with Crippen LogP contribution in [0.5, 0.6) is 0 Å². The highest BCUT2D eigenvalue weighted by Gasteiger charge is 2.39. The van der Waals surface area contributed by atoms with Crippen LogP contribution >= 0.6 is 0 Å². The van der Waals surface area contributed by atoms with E-state index in [1.807, 2.05) is 40.1 Å². The number of aliphatic hydroxyl groups is 1. The van der Waals surface area contributed by atoms with Gasteiger partial charge in [0.25, 0.3) is 0 Å². The lowest BCUT2D eigenvalue weighted by Gasteiger charge is -2.42. The van der Waals surface area contributed by atoms with Crippen LogP contribution in [0.25, 0.3) is 0 Å². The summed E-state index contributed by atoms with van der Waals surface area (Å²) in [5.74, 6) is 0.322. The predicted molar refractivity (Wildman–Crippen MR) is 112 cm³/mol. The molecule has 1 unspecified atom stereocenters. The van der Waals surface area contributed by atoms with E-state index in [2.05, 4.69) is 0 Å². The molecule has 2 saturated heterocycles. The van der Waals surface area contributed by atoms with E-state index in [4.69, 9.17) is 0 Å². The first-order valence-electron chi connectivity index (χ1n) is 11.4. The third-order valence-electron chi connectivity index (χ3n) is 7.27. The van der Waals surface area contributed by atoms with E-state index in [0.29, 0.717) is 51.4 Å². The Kier molecular flexibility index (Phi) is 6.23. The van der Waals surface area contributed by atoms with Crippen LogP contribution in [-0.4, -0.2) is 52.4 Å². The monoisotopic (exact) mass is 398 g/mol. The molecule has 2 aliphatic heterocycles. The Labute approximate surface area is 174 Å². The second-order valence-corrected chi connectivity index (χ2v) is 9.15. The minimum atomic E-state index is -0.840. The van der Waals surface area contributed by atoms with E-state index < -0.39 is 5.60 Å². The van der Waals surface area contributed by atoms with Crippen LogP contribution in [0.1, 0.15) is 69.8 Å². The van der Waals surface area contributed by atoms with Crippen molar-refractivity contribution in [2.24, 2.45) is 5.92 Å². The summed E-state index contributed by atoms with van der Waals surface area (Å²) in [5, 5.41) is 11.0. The lowest BCUT2D eigenvalue weighted by Crippen LogP contribution is -2.53. The number of hydrogen-bond donors (Lipinski definition) is 1. The standard InChI is InChI=1S/C24H34N2O3/c27-22-13-12-19(18-26(22)21-10-6-1-2-7-11-21)23(28)25-16-14-24(29,15-17-25)20-8-4-3-5-9-20/h3-5,8-9,19,21,29H,1-2,6-7,10-18H2. The van der Waals surface area contributed by atoms with Gasteiger partial charge >= 0.3 is 0 Å². The van der Waals surface area contributed by atoms with Crippen molar-refractivity contribution in [3.05, 3.63) is 35.9 Å². The Morgan fingerprint density at radius 1 is 0.966 bits per heavy atom. The van der Waals surface area contributed by atoms with Gasteiger partial charge in [0.1, 0.15) is 0 Å². The first kappa shape index (κ1) is 20.4. The average Bonchev–Trinajstić information content (AvgIpc) is 3.04. The maximum atomic E-state index is 13.2. The molecule has 3 aliphatic rings. The van der Waals surface area contributed by atoms with Gasteiger partial charge in [-0.1, -0.05) is 56.0 Å². The molecule has 5 nitrogen and oxygen atoms in total. The van der Waals surface area contributed by atoms with Crippen molar-refractivity contribution >= 4 is 11.8 Å². The fourth-order valence-electron chi connectivity index (χ4n) is 5.39. The summed E-state index contributed by atoms with van der Waals surface area (Å²) in [6.07, 6.45) is 9.38. The van der Waals surface area contributed by atoms with Gasteiger partial charge in [0.15, 0.2) is 0 Å². The van der Waals surface area contributed by atoms with Gasteiger partial charge in [-0.15, -0.1) is 0 Å². The third-order valence-corrected chi connectivity index (χ3v) is 7.27. The number of likely N-dealkylation sites (tertiary alicyclic amines) is 2. The maximum absolute atomic E-state index is 13.2. The number of hydrogen-bond acceptors (Lipinski definition) is 3. The number of amides is 2. The van der Waals surface area contributed by atoms with Gasteiger partial charge in [-0.25, -0.2) is 0 Å². The van der Waals surface area contributed by atoms with E-state index in [1.165, 1.54) is 25.7 Å². The summed E-state index contributed by atoms with van der Waals surface area (Å²) in [7, 11) is 0. The summed E-state index contributed by atoms with van der Waals surface area (Å²) >= 11 is 0. The van der Waals surface area contributed by atoms with Crippen molar-refractivity contribution < 1.29 is 14.7 Å². The Balaban J connectivity index is 1.36. The van der Waals surface area contributed by atoms with Crippen molar-refractivity contribution in [2.75, 3.05) is 19.6 Å². The zero-order valence-electron chi connectivity index (χ0n) is 17.4. The maximum Gasteiger partial charge on any atom is 0.227 e. The molecule has 0 radical (unpaired) electrons. The van der Waals surface area contributed by atoms with Crippen LogP contribution < -0.4 is 0 Å². The van der Waals surface area contributed by atoms with E-state index in [-0.39, 0.29) is 17.7 Å². The molecule has 2 heterocycles. The molecule has 0 aromatic heterocycles. The minimum Gasteiger partial charge on any atom is -0.385 e.